The van der Waals surface area contributed by atoms with Crippen LogP contribution in [0.25, 0.3) is 6.08 Å². The van der Waals surface area contributed by atoms with E-state index in [1.54, 1.807) is 11.6 Å². The molecule has 1 amide bonds. The number of thioether (sulfide) groups is 1. The molecule has 2 aromatic carbocycles. The number of anilines is 1. The highest BCUT2D eigenvalue weighted by molar-refractivity contribution is 7.99. The van der Waals surface area contributed by atoms with Gasteiger partial charge in [-0.15, -0.1) is 11.8 Å². The summed E-state index contributed by atoms with van der Waals surface area (Å²) in [5.41, 5.74) is 4.75. The minimum atomic E-state index is -0.545. The van der Waals surface area contributed by atoms with Crippen molar-refractivity contribution < 1.29 is 10.0 Å². The van der Waals surface area contributed by atoms with E-state index in [4.69, 9.17) is 5.21 Å². The first-order valence-corrected chi connectivity index (χ1v) is 10.5. The first kappa shape index (κ1) is 22.0. The fraction of sp³-hybridized carbons (Fsp3) is 0.318. The molecule has 2 rings (SSSR count). The Labute approximate surface area is 171 Å². The van der Waals surface area contributed by atoms with Gasteiger partial charge in [-0.05, 0) is 42.4 Å². The molecule has 0 atom stereocenters. The molecule has 0 radical (unpaired) electrons. The van der Waals surface area contributed by atoms with Gasteiger partial charge in [0.05, 0.1) is 0 Å². The van der Waals surface area contributed by atoms with E-state index in [1.807, 2.05) is 42.1 Å². The van der Waals surface area contributed by atoms with Gasteiger partial charge < -0.3 is 10.2 Å². The third-order valence-electron chi connectivity index (χ3n) is 4.43. The lowest BCUT2D eigenvalue weighted by molar-refractivity contribution is -0.124. The van der Waals surface area contributed by atoms with E-state index in [2.05, 4.69) is 42.3 Å². The minimum absolute atomic E-state index is 0.545. The fourth-order valence-electron chi connectivity index (χ4n) is 2.74. The lowest BCUT2D eigenvalue weighted by Gasteiger charge is -2.18. The Morgan fingerprint density at radius 2 is 1.89 bits per heavy atom. The summed E-state index contributed by atoms with van der Waals surface area (Å²) >= 11 is 1.83. The monoisotopic (exact) mass is 399 g/mol. The summed E-state index contributed by atoms with van der Waals surface area (Å²) in [7, 11) is 0. The Morgan fingerprint density at radius 1 is 1.14 bits per heavy atom. The zero-order chi connectivity index (χ0) is 20.2. The number of hydroxylamine groups is 1. The number of carbonyl (C=O) groups excluding carboxylic acids is 1. The smallest absolute Gasteiger partial charge is 0.267 e. The molecule has 0 aliphatic rings. The van der Waals surface area contributed by atoms with Crippen molar-refractivity contribution in [2.24, 2.45) is 0 Å². The third-order valence-corrected chi connectivity index (χ3v) is 5.48. The van der Waals surface area contributed by atoms with E-state index in [1.165, 1.54) is 16.5 Å². The van der Waals surface area contributed by atoms with Gasteiger partial charge in [0, 0.05) is 35.5 Å². The molecule has 0 bridgehead atoms. The topological polar surface area (TPSA) is 64.6 Å². The van der Waals surface area contributed by atoms with Crippen molar-refractivity contribution in [2.45, 2.75) is 25.3 Å². The Bertz CT molecular complexity index is 762. The van der Waals surface area contributed by atoms with Crippen LogP contribution in [0.15, 0.2) is 59.5 Å². The predicted molar refractivity (Wildman–Crippen MR) is 118 cm³/mol. The largest absolute Gasteiger partial charge is 0.380 e. The molecule has 0 saturated carbocycles. The van der Waals surface area contributed by atoms with Gasteiger partial charge >= 0.3 is 0 Å². The molecule has 0 aliphatic heterocycles. The summed E-state index contributed by atoms with van der Waals surface area (Å²) in [6.45, 7) is 8.28. The van der Waals surface area contributed by atoms with E-state index in [-0.39, 0.29) is 0 Å². The Kier molecular flexibility index (Phi) is 9.62. The van der Waals surface area contributed by atoms with Crippen LogP contribution < -0.4 is 10.8 Å². The summed E-state index contributed by atoms with van der Waals surface area (Å²) in [6, 6.07) is 16.3. The second-order valence-corrected chi connectivity index (χ2v) is 7.42. The number of amides is 1. The van der Waals surface area contributed by atoms with Crippen molar-refractivity contribution in [3.05, 3.63) is 65.7 Å². The van der Waals surface area contributed by atoms with Gasteiger partial charge in [0.2, 0.25) is 0 Å². The molecule has 0 aromatic heterocycles. The Balaban J connectivity index is 2.12. The molecule has 6 heteroatoms. The predicted octanol–water partition coefficient (Wildman–Crippen LogP) is 4.25. The molecule has 0 spiro atoms. The number of benzene rings is 2. The molecule has 0 heterocycles. The van der Waals surface area contributed by atoms with Gasteiger partial charge in [-0.2, -0.15) is 0 Å². The SMILES string of the molecule is CCN(CC)CCSc1ccc(C=CC(=O)NO)cc1NCc1ccccc1. The van der Waals surface area contributed by atoms with Gasteiger partial charge in [-0.1, -0.05) is 50.2 Å². The number of nitrogens with zero attached hydrogens (tertiary/aromatic N) is 1. The van der Waals surface area contributed by atoms with Gasteiger partial charge in [-0.3, -0.25) is 10.0 Å². The second kappa shape index (κ2) is 12.2. The highest BCUT2D eigenvalue weighted by Crippen LogP contribution is 2.29. The van der Waals surface area contributed by atoms with Gasteiger partial charge in [0.25, 0.3) is 5.91 Å². The molecule has 5 nitrogen and oxygen atoms in total. The van der Waals surface area contributed by atoms with Crippen molar-refractivity contribution in [1.82, 2.24) is 10.4 Å². The van der Waals surface area contributed by atoms with E-state index in [9.17, 15) is 4.79 Å². The van der Waals surface area contributed by atoms with Gasteiger partial charge in [0.1, 0.15) is 0 Å². The molecule has 0 fully saturated rings. The van der Waals surface area contributed by atoms with Crippen molar-refractivity contribution in [2.75, 3.05) is 30.7 Å². The molecule has 2 aromatic rings. The Hall–Kier alpha value is -2.28. The van der Waals surface area contributed by atoms with E-state index in [0.717, 1.165) is 43.2 Å². The van der Waals surface area contributed by atoms with Crippen LogP contribution in [0.5, 0.6) is 0 Å². The zero-order valence-corrected chi connectivity index (χ0v) is 17.3. The molecule has 3 N–H and O–H groups in total. The number of hydrogen-bond acceptors (Lipinski definition) is 5. The fourth-order valence-corrected chi connectivity index (χ4v) is 3.76. The first-order chi connectivity index (χ1) is 13.7. The van der Waals surface area contributed by atoms with E-state index in [0.29, 0.717) is 0 Å². The summed E-state index contributed by atoms with van der Waals surface area (Å²) in [4.78, 5) is 14.8. The summed E-state index contributed by atoms with van der Waals surface area (Å²) in [6.07, 6.45) is 2.99. The molecule has 0 saturated heterocycles. The summed E-state index contributed by atoms with van der Waals surface area (Å²) in [5.74, 6) is 0.473. The first-order valence-electron chi connectivity index (χ1n) is 9.55. The van der Waals surface area contributed by atoms with Gasteiger partial charge in [-0.25, -0.2) is 5.48 Å². The molecule has 28 heavy (non-hydrogen) atoms. The van der Waals surface area contributed by atoms with E-state index >= 15 is 0 Å². The lowest BCUT2D eigenvalue weighted by Crippen LogP contribution is -2.25. The van der Waals surface area contributed by atoms with Crippen LogP contribution in [-0.2, 0) is 11.3 Å². The standard InChI is InChI=1S/C22H29N3O2S/c1-3-25(4-2)14-15-28-21-12-10-18(11-13-22(26)24-27)16-20(21)23-17-19-8-6-5-7-9-19/h5-13,16,23,27H,3-4,14-15,17H2,1-2H3,(H,24,26). The van der Waals surface area contributed by atoms with Crippen LogP contribution in [0.3, 0.4) is 0 Å². The number of rotatable bonds is 11. The van der Waals surface area contributed by atoms with Crippen molar-refractivity contribution in [1.29, 1.82) is 0 Å². The second-order valence-electron chi connectivity index (χ2n) is 6.28. The van der Waals surface area contributed by atoms with Crippen molar-refractivity contribution in [3.8, 4) is 0 Å². The number of carbonyl (C=O) groups is 1. The highest BCUT2D eigenvalue weighted by Gasteiger charge is 2.06. The maximum absolute atomic E-state index is 11.2. The average Bonchev–Trinajstić information content (AvgIpc) is 2.75. The molecular weight excluding hydrogens is 370 g/mol. The van der Waals surface area contributed by atoms with E-state index < -0.39 is 5.91 Å². The Morgan fingerprint density at radius 3 is 2.57 bits per heavy atom. The minimum Gasteiger partial charge on any atom is -0.380 e. The van der Waals surface area contributed by atoms with Crippen molar-refractivity contribution >= 4 is 29.4 Å². The third kappa shape index (κ3) is 7.38. The van der Waals surface area contributed by atoms with Crippen LogP contribution in [-0.4, -0.2) is 41.4 Å². The normalized spacial score (nSPS) is 11.1. The highest BCUT2D eigenvalue weighted by atomic mass is 32.2. The average molecular weight is 400 g/mol. The van der Waals surface area contributed by atoms with Crippen molar-refractivity contribution in [3.63, 3.8) is 0 Å². The molecule has 150 valence electrons. The van der Waals surface area contributed by atoms with Crippen LogP contribution >= 0.6 is 11.8 Å². The number of hydrogen-bond donors (Lipinski definition) is 3. The van der Waals surface area contributed by atoms with Crippen LogP contribution in [0.2, 0.25) is 0 Å². The molecule has 0 unspecified atom stereocenters. The van der Waals surface area contributed by atoms with Crippen LogP contribution in [0.4, 0.5) is 5.69 Å². The van der Waals surface area contributed by atoms with Crippen LogP contribution in [0.1, 0.15) is 25.0 Å². The summed E-state index contributed by atoms with van der Waals surface area (Å²) in [5, 5.41) is 12.2. The molecular formula is C22H29N3O2S. The maximum Gasteiger partial charge on any atom is 0.267 e. The maximum atomic E-state index is 11.2. The quantitative estimate of drug-likeness (QED) is 0.228. The van der Waals surface area contributed by atoms with Crippen LogP contribution in [0, 0.1) is 0 Å². The summed E-state index contributed by atoms with van der Waals surface area (Å²) < 4.78 is 0. The number of nitrogens with one attached hydrogen (secondary N) is 2. The lowest BCUT2D eigenvalue weighted by atomic mass is 10.1. The zero-order valence-electron chi connectivity index (χ0n) is 16.5. The molecule has 0 aliphatic carbocycles. The van der Waals surface area contributed by atoms with Gasteiger partial charge in [0.15, 0.2) is 0 Å².